The van der Waals surface area contributed by atoms with Crippen LogP contribution in [0.15, 0.2) is 30.5 Å². The molecule has 136 valence electrons. The molecule has 4 rings (SSSR count). The van der Waals surface area contributed by atoms with Crippen molar-refractivity contribution >= 4 is 16.8 Å². The molecule has 1 atom stereocenters. The number of carbonyl (C=O) groups is 1. The van der Waals surface area contributed by atoms with Crippen LogP contribution in [0.3, 0.4) is 0 Å². The first kappa shape index (κ1) is 16.7. The minimum absolute atomic E-state index is 0.0631. The number of likely N-dealkylation sites (tertiary alicyclic amines) is 1. The number of fused-ring (bicyclic) bond motifs is 1. The van der Waals surface area contributed by atoms with Crippen LogP contribution in [0.5, 0.6) is 0 Å². The number of hydrogen-bond acceptors (Lipinski definition) is 5. The Bertz CT molecular complexity index is 931. The van der Waals surface area contributed by atoms with Crippen LogP contribution < -0.4 is 0 Å². The standard InChI is InChI=1S/C18H22N6O2/c1-22-16(12-25)20-21-18(22)14-6-4-8-23(10-14)17(26)11-24-15-7-3-2-5-13(15)9-19-24/h2-3,5,7,9,14,25H,4,6,8,10-12H2,1H3/t14-/m1/s1. The first-order valence-corrected chi connectivity index (χ1v) is 8.84. The molecule has 0 radical (unpaired) electrons. The molecule has 2 aromatic heterocycles. The van der Waals surface area contributed by atoms with Crippen LogP contribution in [0.2, 0.25) is 0 Å². The molecule has 0 unspecified atom stereocenters. The predicted molar refractivity (Wildman–Crippen MR) is 95.2 cm³/mol. The average Bonchev–Trinajstić information content (AvgIpc) is 3.25. The summed E-state index contributed by atoms with van der Waals surface area (Å²) in [7, 11) is 1.86. The number of carbonyl (C=O) groups excluding carboxylic acids is 1. The van der Waals surface area contributed by atoms with Crippen LogP contribution in [0, 0.1) is 0 Å². The second-order valence-corrected chi connectivity index (χ2v) is 6.73. The molecule has 0 spiro atoms. The lowest BCUT2D eigenvalue weighted by atomic mass is 9.97. The maximum absolute atomic E-state index is 12.8. The summed E-state index contributed by atoms with van der Waals surface area (Å²) in [5.74, 6) is 1.58. The Hall–Kier alpha value is -2.74. The van der Waals surface area contributed by atoms with E-state index in [1.54, 1.807) is 10.9 Å². The van der Waals surface area contributed by atoms with Gasteiger partial charge in [0.1, 0.15) is 19.0 Å². The van der Waals surface area contributed by atoms with Gasteiger partial charge in [-0.2, -0.15) is 5.10 Å². The van der Waals surface area contributed by atoms with Gasteiger partial charge in [-0.05, 0) is 18.9 Å². The normalized spacial score (nSPS) is 17.8. The maximum Gasteiger partial charge on any atom is 0.244 e. The van der Waals surface area contributed by atoms with Gasteiger partial charge in [-0.3, -0.25) is 9.48 Å². The fraction of sp³-hybridized carbons (Fsp3) is 0.444. The van der Waals surface area contributed by atoms with Crippen LogP contribution >= 0.6 is 0 Å². The van der Waals surface area contributed by atoms with Crippen molar-refractivity contribution < 1.29 is 9.90 Å². The van der Waals surface area contributed by atoms with Gasteiger partial charge in [0.25, 0.3) is 0 Å². The summed E-state index contributed by atoms with van der Waals surface area (Å²) in [6, 6.07) is 7.89. The van der Waals surface area contributed by atoms with E-state index < -0.39 is 0 Å². The zero-order valence-electron chi connectivity index (χ0n) is 14.7. The molecule has 3 aromatic rings. The van der Waals surface area contributed by atoms with E-state index in [1.165, 1.54) is 0 Å². The van der Waals surface area contributed by atoms with Gasteiger partial charge in [0.15, 0.2) is 5.82 Å². The number of amides is 1. The van der Waals surface area contributed by atoms with Gasteiger partial charge in [-0.25, -0.2) is 0 Å². The molecule has 1 amide bonds. The van der Waals surface area contributed by atoms with Crippen LogP contribution in [0.1, 0.15) is 30.4 Å². The molecular weight excluding hydrogens is 332 g/mol. The monoisotopic (exact) mass is 354 g/mol. The van der Waals surface area contributed by atoms with Crippen molar-refractivity contribution in [1.29, 1.82) is 0 Å². The molecule has 3 heterocycles. The minimum atomic E-state index is -0.134. The molecule has 1 aliphatic rings. The van der Waals surface area contributed by atoms with Crippen LogP contribution in [-0.4, -0.2) is 53.5 Å². The van der Waals surface area contributed by atoms with Gasteiger partial charge in [-0.1, -0.05) is 18.2 Å². The molecule has 8 heteroatoms. The molecule has 0 aliphatic carbocycles. The Kier molecular flexibility index (Phi) is 4.42. The fourth-order valence-corrected chi connectivity index (χ4v) is 3.66. The van der Waals surface area contributed by atoms with Crippen molar-refractivity contribution in [3.05, 3.63) is 42.1 Å². The van der Waals surface area contributed by atoms with Crippen LogP contribution in [0.4, 0.5) is 0 Å². The van der Waals surface area contributed by atoms with E-state index in [0.717, 1.165) is 36.1 Å². The van der Waals surface area contributed by atoms with Crippen molar-refractivity contribution in [1.82, 2.24) is 29.4 Å². The Morgan fingerprint density at radius 3 is 2.96 bits per heavy atom. The highest BCUT2D eigenvalue weighted by Crippen LogP contribution is 2.26. The molecule has 1 N–H and O–H groups in total. The van der Waals surface area contributed by atoms with Gasteiger partial charge in [0, 0.05) is 31.4 Å². The number of aliphatic hydroxyl groups is 1. The average molecular weight is 354 g/mol. The molecule has 1 fully saturated rings. The third-order valence-electron chi connectivity index (χ3n) is 5.12. The number of hydrogen-bond donors (Lipinski definition) is 1. The number of piperidine rings is 1. The molecule has 26 heavy (non-hydrogen) atoms. The smallest absolute Gasteiger partial charge is 0.244 e. The van der Waals surface area contributed by atoms with E-state index in [-0.39, 0.29) is 25.0 Å². The van der Waals surface area contributed by atoms with Crippen molar-refractivity contribution in [2.75, 3.05) is 13.1 Å². The van der Waals surface area contributed by atoms with E-state index in [2.05, 4.69) is 15.3 Å². The summed E-state index contributed by atoms with van der Waals surface area (Å²) in [6.07, 6.45) is 3.68. The van der Waals surface area contributed by atoms with Crippen LogP contribution in [0.25, 0.3) is 10.9 Å². The van der Waals surface area contributed by atoms with E-state index in [1.807, 2.05) is 40.8 Å². The second-order valence-electron chi connectivity index (χ2n) is 6.73. The van der Waals surface area contributed by atoms with Gasteiger partial charge >= 0.3 is 0 Å². The number of para-hydroxylation sites is 1. The Morgan fingerprint density at radius 1 is 1.31 bits per heavy atom. The lowest BCUT2D eigenvalue weighted by Crippen LogP contribution is -2.41. The van der Waals surface area contributed by atoms with E-state index >= 15 is 0 Å². The number of rotatable bonds is 4. The quantitative estimate of drug-likeness (QED) is 0.757. The third kappa shape index (κ3) is 2.96. The van der Waals surface area contributed by atoms with Gasteiger partial charge in [0.05, 0.1) is 11.7 Å². The highest BCUT2D eigenvalue weighted by Gasteiger charge is 2.28. The molecule has 0 bridgehead atoms. The largest absolute Gasteiger partial charge is 0.388 e. The lowest BCUT2D eigenvalue weighted by Gasteiger charge is -2.32. The predicted octanol–water partition coefficient (Wildman–Crippen LogP) is 1.06. The molecule has 1 aliphatic heterocycles. The van der Waals surface area contributed by atoms with E-state index in [4.69, 9.17) is 0 Å². The second kappa shape index (κ2) is 6.87. The summed E-state index contributed by atoms with van der Waals surface area (Å²) in [5.41, 5.74) is 0.968. The molecule has 1 aromatic carbocycles. The molecular formula is C18H22N6O2. The summed E-state index contributed by atoms with van der Waals surface area (Å²) in [4.78, 5) is 14.7. The minimum Gasteiger partial charge on any atom is -0.388 e. The lowest BCUT2D eigenvalue weighted by molar-refractivity contribution is -0.133. The maximum atomic E-state index is 12.8. The van der Waals surface area contributed by atoms with Gasteiger partial charge in [-0.15, -0.1) is 10.2 Å². The SMILES string of the molecule is Cn1c(CO)nnc1[C@@H]1CCCN(C(=O)Cn2ncc3ccccc32)C1. The summed E-state index contributed by atoms with van der Waals surface area (Å²) < 4.78 is 3.59. The summed E-state index contributed by atoms with van der Waals surface area (Å²) in [6.45, 7) is 1.47. The Balaban J connectivity index is 1.48. The number of nitrogens with zero attached hydrogens (tertiary/aromatic N) is 6. The molecule has 1 saturated heterocycles. The van der Waals surface area contributed by atoms with Gasteiger partial charge < -0.3 is 14.6 Å². The number of aliphatic hydroxyl groups excluding tert-OH is 1. The van der Waals surface area contributed by atoms with Crippen molar-refractivity contribution in [3.8, 4) is 0 Å². The van der Waals surface area contributed by atoms with Crippen LogP contribution in [-0.2, 0) is 25.0 Å². The first-order chi connectivity index (χ1) is 12.7. The van der Waals surface area contributed by atoms with Gasteiger partial charge in [0.2, 0.25) is 5.91 Å². The van der Waals surface area contributed by atoms with Crippen molar-refractivity contribution in [3.63, 3.8) is 0 Å². The fourth-order valence-electron chi connectivity index (χ4n) is 3.66. The number of aromatic nitrogens is 5. The summed E-state index contributed by atoms with van der Waals surface area (Å²) in [5, 5.41) is 22.9. The van der Waals surface area contributed by atoms with Crippen molar-refractivity contribution in [2.45, 2.75) is 31.9 Å². The van der Waals surface area contributed by atoms with Crippen molar-refractivity contribution in [2.24, 2.45) is 7.05 Å². The molecule has 8 nitrogen and oxygen atoms in total. The Labute approximate surface area is 151 Å². The highest BCUT2D eigenvalue weighted by atomic mass is 16.3. The topological polar surface area (TPSA) is 89.1 Å². The highest BCUT2D eigenvalue weighted by molar-refractivity contribution is 5.82. The van der Waals surface area contributed by atoms with E-state index in [9.17, 15) is 9.90 Å². The summed E-state index contributed by atoms with van der Waals surface area (Å²) >= 11 is 0. The zero-order valence-corrected chi connectivity index (χ0v) is 14.7. The first-order valence-electron chi connectivity index (χ1n) is 8.84. The third-order valence-corrected chi connectivity index (χ3v) is 5.12. The Morgan fingerprint density at radius 2 is 2.15 bits per heavy atom. The van der Waals surface area contributed by atoms with E-state index in [0.29, 0.717) is 12.4 Å². The molecule has 0 saturated carbocycles. The zero-order chi connectivity index (χ0) is 18.1. The number of benzene rings is 1.